The molecule has 0 aliphatic rings. The van der Waals surface area contributed by atoms with Gasteiger partial charge in [-0.15, -0.1) is 11.8 Å². The maximum Gasteiger partial charge on any atom is 0.336 e. The number of hydrogen-bond donors (Lipinski definition) is 1. The molecule has 0 atom stereocenters. The Hall–Kier alpha value is -1.81. The summed E-state index contributed by atoms with van der Waals surface area (Å²) in [4.78, 5) is 16.2. The average Bonchev–Trinajstić information content (AvgIpc) is 2.37. The van der Waals surface area contributed by atoms with Crippen LogP contribution in [0.2, 0.25) is 0 Å². The Bertz CT molecular complexity index is 569. The van der Waals surface area contributed by atoms with E-state index in [9.17, 15) is 4.79 Å². The molecule has 92 valence electrons. The molecule has 0 fully saturated rings. The molecule has 3 nitrogen and oxygen atoms in total. The predicted octanol–water partition coefficient (Wildman–Crippen LogP) is 3.38. The Morgan fingerprint density at radius 3 is 2.72 bits per heavy atom. The molecule has 1 heterocycles. The van der Waals surface area contributed by atoms with E-state index in [0.717, 1.165) is 16.3 Å². The highest BCUT2D eigenvalue weighted by Gasteiger charge is 2.09. The van der Waals surface area contributed by atoms with Crippen molar-refractivity contribution in [3.05, 3.63) is 59.4 Å². The Balaban J connectivity index is 2.13. The number of rotatable bonds is 4. The van der Waals surface area contributed by atoms with Gasteiger partial charge >= 0.3 is 5.97 Å². The fraction of sp³-hybridized carbons (Fsp3) is 0.143. The minimum atomic E-state index is -0.893. The first-order valence-electron chi connectivity index (χ1n) is 5.54. The smallest absolute Gasteiger partial charge is 0.336 e. The molecule has 0 unspecified atom stereocenters. The van der Waals surface area contributed by atoms with Gasteiger partial charge in [-0.3, -0.25) is 4.98 Å². The number of carboxylic acid groups (broad SMARTS) is 1. The lowest BCUT2D eigenvalue weighted by Crippen LogP contribution is -1.98. The van der Waals surface area contributed by atoms with Gasteiger partial charge in [-0.05, 0) is 31.2 Å². The normalized spacial score (nSPS) is 10.3. The summed E-state index contributed by atoms with van der Waals surface area (Å²) in [5.74, 6) is -0.221. The Labute approximate surface area is 110 Å². The van der Waals surface area contributed by atoms with Crippen LogP contribution in [-0.2, 0) is 5.75 Å². The number of pyridine rings is 1. The van der Waals surface area contributed by atoms with Crippen molar-refractivity contribution in [3.63, 3.8) is 0 Å². The second kappa shape index (κ2) is 5.69. The number of aryl methyl sites for hydroxylation is 1. The van der Waals surface area contributed by atoms with Crippen molar-refractivity contribution in [1.29, 1.82) is 0 Å². The minimum Gasteiger partial charge on any atom is -0.478 e. The van der Waals surface area contributed by atoms with Gasteiger partial charge in [0.2, 0.25) is 0 Å². The van der Waals surface area contributed by atoms with Crippen molar-refractivity contribution in [2.45, 2.75) is 17.6 Å². The van der Waals surface area contributed by atoms with Gasteiger partial charge in [0.1, 0.15) is 0 Å². The third kappa shape index (κ3) is 3.11. The van der Waals surface area contributed by atoms with E-state index in [0.29, 0.717) is 11.3 Å². The molecule has 4 heteroatoms. The summed E-state index contributed by atoms with van der Waals surface area (Å²) in [7, 11) is 0. The van der Waals surface area contributed by atoms with Crippen LogP contribution >= 0.6 is 11.8 Å². The molecule has 0 spiro atoms. The fourth-order valence-electron chi connectivity index (χ4n) is 1.60. The predicted molar refractivity (Wildman–Crippen MR) is 71.9 cm³/mol. The van der Waals surface area contributed by atoms with E-state index < -0.39 is 5.97 Å². The number of hydrogen-bond acceptors (Lipinski definition) is 3. The lowest BCUT2D eigenvalue weighted by atomic mass is 10.2. The van der Waals surface area contributed by atoms with Crippen LogP contribution in [0, 0.1) is 6.92 Å². The monoisotopic (exact) mass is 259 g/mol. The molecule has 1 N–H and O–H groups in total. The van der Waals surface area contributed by atoms with Crippen LogP contribution < -0.4 is 0 Å². The summed E-state index contributed by atoms with van der Waals surface area (Å²) in [6, 6.07) is 12.9. The van der Waals surface area contributed by atoms with Crippen LogP contribution in [0.25, 0.3) is 0 Å². The van der Waals surface area contributed by atoms with E-state index in [1.807, 2.05) is 37.3 Å². The highest BCUT2D eigenvalue weighted by atomic mass is 32.2. The number of aromatic nitrogens is 1. The first-order chi connectivity index (χ1) is 8.66. The van der Waals surface area contributed by atoms with E-state index in [1.165, 1.54) is 11.8 Å². The lowest BCUT2D eigenvalue weighted by molar-refractivity contribution is 0.0693. The Morgan fingerprint density at radius 2 is 2.00 bits per heavy atom. The molecule has 2 rings (SSSR count). The SMILES string of the molecule is Cc1cccc(CSc2ccccc2C(=O)O)n1. The number of thioether (sulfide) groups is 1. The average molecular weight is 259 g/mol. The van der Waals surface area contributed by atoms with Crippen LogP contribution in [-0.4, -0.2) is 16.1 Å². The van der Waals surface area contributed by atoms with Gasteiger partial charge in [-0.1, -0.05) is 18.2 Å². The summed E-state index contributed by atoms with van der Waals surface area (Å²) < 4.78 is 0. The number of benzene rings is 1. The zero-order valence-corrected chi connectivity index (χ0v) is 10.8. The van der Waals surface area contributed by atoms with Gasteiger partial charge in [-0.2, -0.15) is 0 Å². The van der Waals surface area contributed by atoms with Crippen LogP contribution in [0.1, 0.15) is 21.7 Å². The van der Waals surface area contributed by atoms with E-state index >= 15 is 0 Å². The second-order valence-corrected chi connectivity index (χ2v) is 4.88. The fourth-order valence-corrected chi connectivity index (χ4v) is 2.55. The zero-order valence-electron chi connectivity index (χ0n) is 9.96. The van der Waals surface area contributed by atoms with Gasteiger partial charge in [0.05, 0.1) is 11.3 Å². The summed E-state index contributed by atoms with van der Waals surface area (Å²) in [6.45, 7) is 1.94. The van der Waals surface area contributed by atoms with Crippen molar-refractivity contribution in [2.75, 3.05) is 0 Å². The molecule has 0 saturated heterocycles. The van der Waals surface area contributed by atoms with Crippen molar-refractivity contribution in [1.82, 2.24) is 4.98 Å². The minimum absolute atomic E-state index is 0.343. The van der Waals surface area contributed by atoms with Crippen molar-refractivity contribution in [3.8, 4) is 0 Å². The maximum atomic E-state index is 11.1. The number of carboxylic acids is 1. The number of nitrogens with zero attached hydrogens (tertiary/aromatic N) is 1. The van der Waals surface area contributed by atoms with Gasteiger partial charge in [0.25, 0.3) is 0 Å². The molecule has 1 aromatic carbocycles. The van der Waals surface area contributed by atoms with Crippen LogP contribution in [0.4, 0.5) is 0 Å². The van der Waals surface area contributed by atoms with Gasteiger partial charge in [-0.25, -0.2) is 4.79 Å². The molecule has 0 bridgehead atoms. The molecule has 0 radical (unpaired) electrons. The number of aromatic carboxylic acids is 1. The first kappa shape index (κ1) is 12.6. The van der Waals surface area contributed by atoms with Gasteiger partial charge in [0.15, 0.2) is 0 Å². The highest BCUT2D eigenvalue weighted by Crippen LogP contribution is 2.25. The van der Waals surface area contributed by atoms with Crippen molar-refractivity contribution < 1.29 is 9.90 Å². The summed E-state index contributed by atoms with van der Waals surface area (Å²) in [6.07, 6.45) is 0. The van der Waals surface area contributed by atoms with E-state index in [2.05, 4.69) is 4.98 Å². The topological polar surface area (TPSA) is 50.2 Å². The molecule has 18 heavy (non-hydrogen) atoms. The van der Waals surface area contributed by atoms with E-state index in [-0.39, 0.29) is 0 Å². The first-order valence-corrected chi connectivity index (χ1v) is 6.53. The lowest BCUT2D eigenvalue weighted by Gasteiger charge is -2.05. The molecular weight excluding hydrogens is 246 g/mol. The summed E-state index contributed by atoms with van der Waals surface area (Å²) in [5, 5.41) is 9.08. The van der Waals surface area contributed by atoms with Gasteiger partial charge in [0, 0.05) is 16.3 Å². The largest absolute Gasteiger partial charge is 0.478 e. The molecule has 1 aromatic heterocycles. The molecule has 0 saturated carbocycles. The maximum absolute atomic E-state index is 11.1. The highest BCUT2D eigenvalue weighted by molar-refractivity contribution is 7.98. The van der Waals surface area contributed by atoms with Gasteiger partial charge < -0.3 is 5.11 Å². The van der Waals surface area contributed by atoms with Crippen LogP contribution in [0.5, 0.6) is 0 Å². The zero-order chi connectivity index (χ0) is 13.0. The summed E-state index contributed by atoms with van der Waals surface area (Å²) >= 11 is 1.49. The third-order valence-electron chi connectivity index (χ3n) is 2.44. The second-order valence-electron chi connectivity index (χ2n) is 3.86. The molecular formula is C14H13NO2S. The van der Waals surface area contributed by atoms with Crippen molar-refractivity contribution in [2.24, 2.45) is 0 Å². The van der Waals surface area contributed by atoms with Crippen molar-refractivity contribution >= 4 is 17.7 Å². The molecule has 0 amide bonds. The molecule has 2 aromatic rings. The Morgan fingerprint density at radius 1 is 1.22 bits per heavy atom. The van der Waals surface area contributed by atoms with Crippen LogP contribution in [0.3, 0.4) is 0 Å². The van der Waals surface area contributed by atoms with E-state index in [4.69, 9.17) is 5.11 Å². The number of carbonyl (C=O) groups is 1. The Kier molecular flexibility index (Phi) is 3.99. The quantitative estimate of drug-likeness (QED) is 0.855. The molecule has 0 aliphatic heterocycles. The standard InChI is InChI=1S/C14H13NO2S/c1-10-5-4-6-11(15-10)9-18-13-8-3-2-7-12(13)14(16)17/h2-8H,9H2,1H3,(H,16,17). The van der Waals surface area contributed by atoms with Crippen LogP contribution in [0.15, 0.2) is 47.4 Å². The third-order valence-corrected chi connectivity index (χ3v) is 3.55. The summed E-state index contributed by atoms with van der Waals surface area (Å²) in [5.41, 5.74) is 2.27. The molecule has 0 aliphatic carbocycles. The van der Waals surface area contributed by atoms with E-state index in [1.54, 1.807) is 12.1 Å².